The summed E-state index contributed by atoms with van der Waals surface area (Å²) in [5, 5.41) is 8.43. The van der Waals surface area contributed by atoms with E-state index in [1.165, 1.54) is 0 Å². The molecule has 0 fully saturated rings. The van der Waals surface area contributed by atoms with Gasteiger partial charge in [-0.2, -0.15) is 5.10 Å². The van der Waals surface area contributed by atoms with Gasteiger partial charge < -0.3 is 5.32 Å². The fraction of sp³-hybridized carbons (Fsp3) is 0.417. The highest BCUT2D eigenvalue weighted by atomic mass is 35.5. The Morgan fingerprint density at radius 3 is 2.89 bits per heavy atom. The van der Waals surface area contributed by atoms with Crippen molar-refractivity contribution in [2.45, 2.75) is 33.5 Å². The lowest BCUT2D eigenvalue weighted by molar-refractivity contribution is 0.576. The molecule has 0 aliphatic heterocycles. The molecular formula is C12H16ClN5. The summed E-state index contributed by atoms with van der Waals surface area (Å²) < 4.78 is 1.92. The second kappa shape index (κ2) is 5.93. The molecular weight excluding hydrogens is 250 g/mol. The van der Waals surface area contributed by atoms with Crippen LogP contribution in [0.15, 0.2) is 18.6 Å². The topological polar surface area (TPSA) is 55.6 Å². The van der Waals surface area contributed by atoms with Crippen LogP contribution in [0.2, 0.25) is 5.02 Å². The molecule has 0 saturated carbocycles. The maximum atomic E-state index is 6.23. The lowest BCUT2D eigenvalue weighted by Crippen LogP contribution is -2.17. The predicted molar refractivity (Wildman–Crippen MR) is 70.2 cm³/mol. The zero-order valence-electron chi connectivity index (χ0n) is 10.5. The minimum atomic E-state index is 0.678. The van der Waals surface area contributed by atoms with E-state index >= 15 is 0 Å². The molecule has 96 valence electrons. The second-order valence-corrected chi connectivity index (χ2v) is 4.34. The Balaban J connectivity index is 1.98. The molecule has 2 aromatic rings. The number of rotatable bonds is 5. The maximum absolute atomic E-state index is 6.23. The van der Waals surface area contributed by atoms with Crippen LogP contribution in [-0.2, 0) is 19.6 Å². The molecule has 0 saturated heterocycles. The fourth-order valence-corrected chi connectivity index (χ4v) is 1.97. The minimum Gasteiger partial charge on any atom is -0.305 e. The van der Waals surface area contributed by atoms with Crippen LogP contribution in [0.3, 0.4) is 0 Å². The Labute approximate surface area is 111 Å². The SMILES string of the molecule is CCn1nc(C)c(Cl)c1CNCc1ccncn1. The van der Waals surface area contributed by atoms with Gasteiger partial charge in [0.1, 0.15) is 6.33 Å². The number of hydrogen-bond donors (Lipinski definition) is 1. The third-order valence-corrected chi connectivity index (χ3v) is 3.19. The highest BCUT2D eigenvalue weighted by Gasteiger charge is 2.11. The molecule has 6 heteroatoms. The van der Waals surface area contributed by atoms with E-state index in [1.807, 2.05) is 17.7 Å². The van der Waals surface area contributed by atoms with Crippen LogP contribution < -0.4 is 5.32 Å². The first-order chi connectivity index (χ1) is 8.72. The van der Waals surface area contributed by atoms with Crippen molar-refractivity contribution in [3.05, 3.63) is 40.7 Å². The van der Waals surface area contributed by atoms with E-state index in [0.717, 1.165) is 28.6 Å². The molecule has 0 aliphatic carbocycles. The molecule has 2 heterocycles. The standard InChI is InChI=1S/C12H16ClN5/c1-3-18-11(12(13)9(2)17-18)7-15-6-10-4-5-14-8-16-10/h4-5,8,15H,3,6-7H2,1-2H3. The molecule has 0 unspecified atom stereocenters. The van der Waals surface area contributed by atoms with Crippen LogP contribution in [0.1, 0.15) is 24.0 Å². The second-order valence-electron chi connectivity index (χ2n) is 3.97. The van der Waals surface area contributed by atoms with Gasteiger partial charge in [0.25, 0.3) is 0 Å². The zero-order chi connectivity index (χ0) is 13.0. The molecule has 5 nitrogen and oxygen atoms in total. The molecule has 0 spiro atoms. The summed E-state index contributed by atoms with van der Waals surface area (Å²) in [4.78, 5) is 8.03. The van der Waals surface area contributed by atoms with Gasteiger partial charge in [-0.25, -0.2) is 9.97 Å². The van der Waals surface area contributed by atoms with Crippen molar-refractivity contribution < 1.29 is 0 Å². The molecule has 18 heavy (non-hydrogen) atoms. The monoisotopic (exact) mass is 265 g/mol. The third-order valence-electron chi connectivity index (χ3n) is 2.69. The quantitative estimate of drug-likeness (QED) is 0.898. The van der Waals surface area contributed by atoms with Crippen LogP contribution in [0.25, 0.3) is 0 Å². The summed E-state index contributed by atoms with van der Waals surface area (Å²) >= 11 is 6.23. The van der Waals surface area contributed by atoms with E-state index in [9.17, 15) is 0 Å². The smallest absolute Gasteiger partial charge is 0.115 e. The number of halogens is 1. The molecule has 0 aliphatic rings. The zero-order valence-corrected chi connectivity index (χ0v) is 11.3. The Morgan fingerprint density at radius 2 is 2.22 bits per heavy atom. The van der Waals surface area contributed by atoms with Crippen LogP contribution in [0.5, 0.6) is 0 Å². The van der Waals surface area contributed by atoms with Gasteiger partial charge in [0.2, 0.25) is 0 Å². The van der Waals surface area contributed by atoms with Gasteiger partial charge in [-0.1, -0.05) is 11.6 Å². The number of aryl methyl sites for hydroxylation is 2. The van der Waals surface area contributed by atoms with Gasteiger partial charge in [-0.3, -0.25) is 4.68 Å². The highest BCUT2D eigenvalue weighted by Crippen LogP contribution is 2.19. The fourth-order valence-electron chi connectivity index (χ4n) is 1.77. The number of aromatic nitrogens is 4. The average molecular weight is 266 g/mol. The Kier molecular flexibility index (Phi) is 4.28. The molecule has 0 radical (unpaired) electrons. The third kappa shape index (κ3) is 2.86. The van der Waals surface area contributed by atoms with Crippen molar-refractivity contribution in [3.63, 3.8) is 0 Å². The predicted octanol–water partition coefficient (Wildman–Crippen LogP) is 1.94. The summed E-state index contributed by atoms with van der Waals surface area (Å²) in [6.07, 6.45) is 3.28. The van der Waals surface area contributed by atoms with Crippen LogP contribution in [0.4, 0.5) is 0 Å². The molecule has 2 aromatic heterocycles. The van der Waals surface area contributed by atoms with Crippen LogP contribution in [-0.4, -0.2) is 19.7 Å². The van der Waals surface area contributed by atoms with Gasteiger partial charge in [-0.15, -0.1) is 0 Å². The van der Waals surface area contributed by atoms with E-state index in [1.54, 1.807) is 12.5 Å². The first-order valence-corrected chi connectivity index (χ1v) is 6.27. The van der Waals surface area contributed by atoms with E-state index in [4.69, 9.17) is 11.6 Å². The number of nitrogens with one attached hydrogen (secondary N) is 1. The van der Waals surface area contributed by atoms with Gasteiger partial charge in [0.15, 0.2) is 0 Å². The Morgan fingerprint density at radius 1 is 1.39 bits per heavy atom. The van der Waals surface area contributed by atoms with Crippen LogP contribution >= 0.6 is 11.6 Å². The molecule has 0 amide bonds. The highest BCUT2D eigenvalue weighted by molar-refractivity contribution is 6.31. The Hall–Kier alpha value is -1.46. The molecule has 0 aromatic carbocycles. The lowest BCUT2D eigenvalue weighted by atomic mass is 10.3. The van der Waals surface area contributed by atoms with E-state index in [0.29, 0.717) is 13.1 Å². The maximum Gasteiger partial charge on any atom is 0.115 e. The van der Waals surface area contributed by atoms with Crippen LogP contribution in [0, 0.1) is 6.92 Å². The van der Waals surface area contributed by atoms with Gasteiger partial charge >= 0.3 is 0 Å². The van der Waals surface area contributed by atoms with Crippen molar-refractivity contribution in [3.8, 4) is 0 Å². The normalized spacial score (nSPS) is 10.8. The number of hydrogen-bond acceptors (Lipinski definition) is 4. The summed E-state index contributed by atoms with van der Waals surface area (Å²) in [5.74, 6) is 0. The summed E-state index contributed by atoms with van der Waals surface area (Å²) in [6.45, 7) is 6.15. The Bertz CT molecular complexity index is 509. The van der Waals surface area contributed by atoms with E-state index in [2.05, 4.69) is 27.3 Å². The van der Waals surface area contributed by atoms with Crippen molar-refractivity contribution in [2.75, 3.05) is 0 Å². The van der Waals surface area contributed by atoms with Gasteiger partial charge in [-0.05, 0) is 19.9 Å². The van der Waals surface area contributed by atoms with Gasteiger partial charge in [0.05, 0.1) is 22.1 Å². The van der Waals surface area contributed by atoms with Crippen molar-refractivity contribution in [1.29, 1.82) is 0 Å². The van der Waals surface area contributed by atoms with E-state index < -0.39 is 0 Å². The molecule has 1 N–H and O–H groups in total. The first kappa shape index (κ1) is 13.0. The largest absolute Gasteiger partial charge is 0.305 e. The van der Waals surface area contributed by atoms with E-state index in [-0.39, 0.29) is 0 Å². The summed E-state index contributed by atoms with van der Waals surface area (Å²) in [6, 6.07) is 1.89. The molecule has 0 bridgehead atoms. The van der Waals surface area contributed by atoms with Gasteiger partial charge in [0, 0.05) is 25.8 Å². The number of nitrogens with zero attached hydrogens (tertiary/aromatic N) is 4. The van der Waals surface area contributed by atoms with Crippen molar-refractivity contribution in [2.24, 2.45) is 0 Å². The average Bonchev–Trinajstić information content (AvgIpc) is 2.67. The van der Waals surface area contributed by atoms with Crippen molar-refractivity contribution in [1.82, 2.24) is 25.1 Å². The lowest BCUT2D eigenvalue weighted by Gasteiger charge is -2.07. The minimum absolute atomic E-state index is 0.678. The van der Waals surface area contributed by atoms with Crippen molar-refractivity contribution >= 4 is 11.6 Å². The molecule has 0 atom stereocenters. The molecule has 2 rings (SSSR count). The summed E-state index contributed by atoms with van der Waals surface area (Å²) in [7, 11) is 0. The summed E-state index contributed by atoms with van der Waals surface area (Å²) in [5.41, 5.74) is 2.85. The first-order valence-electron chi connectivity index (χ1n) is 5.89.